The Balaban J connectivity index is 1.66. The van der Waals surface area contributed by atoms with Gasteiger partial charge in [-0.05, 0) is 38.5 Å². The van der Waals surface area contributed by atoms with Gasteiger partial charge in [0.2, 0.25) is 0 Å². The summed E-state index contributed by atoms with van der Waals surface area (Å²) in [6.07, 6.45) is 9.31. The smallest absolute Gasteiger partial charge is 0.318 e. The predicted molar refractivity (Wildman–Crippen MR) is 66.1 cm³/mol. The molecule has 0 unspecified atom stereocenters. The number of hydrogen-bond donors (Lipinski definition) is 1. The van der Waals surface area contributed by atoms with E-state index in [2.05, 4.69) is 15.3 Å². The van der Waals surface area contributed by atoms with Gasteiger partial charge in [0.15, 0.2) is 11.6 Å². The molecule has 98 valence electrons. The van der Waals surface area contributed by atoms with Crippen LogP contribution in [0.15, 0.2) is 6.20 Å². The highest BCUT2D eigenvalue weighted by atomic mass is 19.1. The summed E-state index contributed by atoms with van der Waals surface area (Å²) in [5, 5.41) is 3.06. The van der Waals surface area contributed by atoms with Crippen molar-refractivity contribution in [3.8, 4) is 6.01 Å². The molecule has 0 spiro atoms. The van der Waals surface area contributed by atoms with Crippen molar-refractivity contribution < 1.29 is 9.13 Å². The second-order valence-electron chi connectivity index (χ2n) is 5.15. The standard InChI is InChI=1S/C13H18FN3O/c14-11-8-15-13(17-12(11)16-9-6-7-9)18-10-4-2-1-3-5-10/h8-10H,1-7H2,(H,15,16,17). The molecule has 18 heavy (non-hydrogen) atoms. The maximum absolute atomic E-state index is 13.5. The molecule has 1 heterocycles. The third kappa shape index (κ3) is 2.89. The van der Waals surface area contributed by atoms with Crippen molar-refractivity contribution in [2.45, 2.75) is 57.1 Å². The minimum atomic E-state index is -0.405. The van der Waals surface area contributed by atoms with Crippen molar-refractivity contribution in [1.29, 1.82) is 0 Å². The van der Waals surface area contributed by atoms with E-state index in [0.717, 1.165) is 25.7 Å². The number of rotatable bonds is 4. The normalized spacial score (nSPS) is 20.7. The molecule has 0 bridgehead atoms. The maximum Gasteiger partial charge on any atom is 0.318 e. The van der Waals surface area contributed by atoms with Crippen molar-refractivity contribution in [3.63, 3.8) is 0 Å². The summed E-state index contributed by atoms with van der Waals surface area (Å²) < 4.78 is 19.2. The summed E-state index contributed by atoms with van der Waals surface area (Å²) in [5.74, 6) is -0.129. The first-order valence-electron chi connectivity index (χ1n) is 6.77. The number of halogens is 1. The van der Waals surface area contributed by atoms with Gasteiger partial charge in [-0.25, -0.2) is 9.37 Å². The minimum absolute atomic E-state index is 0.193. The van der Waals surface area contributed by atoms with Crippen LogP contribution in [-0.4, -0.2) is 22.1 Å². The van der Waals surface area contributed by atoms with Gasteiger partial charge in [-0.1, -0.05) is 6.42 Å². The zero-order chi connectivity index (χ0) is 12.4. The topological polar surface area (TPSA) is 47.0 Å². The van der Waals surface area contributed by atoms with Crippen LogP contribution in [0.3, 0.4) is 0 Å². The lowest BCUT2D eigenvalue weighted by Crippen LogP contribution is -2.21. The Bertz CT molecular complexity index is 417. The third-order valence-corrected chi connectivity index (χ3v) is 3.46. The fourth-order valence-corrected chi connectivity index (χ4v) is 2.26. The number of nitrogens with one attached hydrogen (secondary N) is 1. The van der Waals surface area contributed by atoms with Crippen LogP contribution in [-0.2, 0) is 0 Å². The van der Waals surface area contributed by atoms with Crippen LogP contribution in [0.25, 0.3) is 0 Å². The van der Waals surface area contributed by atoms with Crippen LogP contribution in [0.1, 0.15) is 44.9 Å². The van der Waals surface area contributed by atoms with E-state index < -0.39 is 5.82 Å². The van der Waals surface area contributed by atoms with Crippen LogP contribution in [0.4, 0.5) is 10.2 Å². The monoisotopic (exact) mass is 251 g/mol. The molecule has 2 saturated carbocycles. The van der Waals surface area contributed by atoms with Crippen molar-refractivity contribution in [2.24, 2.45) is 0 Å². The fraction of sp³-hybridized carbons (Fsp3) is 0.692. The number of hydrogen-bond acceptors (Lipinski definition) is 4. The minimum Gasteiger partial charge on any atom is -0.460 e. The first kappa shape index (κ1) is 11.7. The largest absolute Gasteiger partial charge is 0.460 e. The molecule has 2 aliphatic rings. The summed E-state index contributed by atoms with van der Waals surface area (Å²) in [6, 6.07) is 0.670. The van der Waals surface area contributed by atoms with Gasteiger partial charge >= 0.3 is 6.01 Å². The summed E-state index contributed by atoms with van der Waals surface area (Å²) in [5.41, 5.74) is 0. The fourth-order valence-electron chi connectivity index (χ4n) is 2.26. The molecule has 0 saturated heterocycles. The Kier molecular flexibility index (Phi) is 3.30. The summed E-state index contributed by atoms with van der Waals surface area (Å²) in [4.78, 5) is 8.04. The zero-order valence-electron chi connectivity index (χ0n) is 10.4. The van der Waals surface area contributed by atoms with E-state index in [1.54, 1.807) is 0 Å². The molecule has 0 radical (unpaired) electrons. The third-order valence-electron chi connectivity index (χ3n) is 3.46. The number of anilines is 1. The average molecular weight is 251 g/mol. The maximum atomic E-state index is 13.5. The van der Waals surface area contributed by atoms with E-state index in [4.69, 9.17) is 4.74 Å². The second-order valence-corrected chi connectivity index (χ2v) is 5.15. The molecule has 0 aliphatic heterocycles. The van der Waals surface area contributed by atoms with Gasteiger partial charge in [0.1, 0.15) is 6.10 Å². The van der Waals surface area contributed by atoms with Crippen LogP contribution in [0.5, 0.6) is 6.01 Å². The molecule has 5 heteroatoms. The van der Waals surface area contributed by atoms with Gasteiger partial charge in [-0.3, -0.25) is 0 Å². The number of ether oxygens (including phenoxy) is 1. The molecule has 1 N–H and O–H groups in total. The van der Waals surface area contributed by atoms with E-state index in [1.807, 2.05) is 0 Å². The number of aromatic nitrogens is 2. The van der Waals surface area contributed by atoms with Gasteiger partial charge in [-0.15, -0.1) is 0 Å². The van der Waals surface area contributed by atoms with E-state index >= 15 is 0 Å². The lowest BCUT2D eigenvalue weighted by Gasteiger charge is -2.21. The van der Waals surface area contributed by atoms with E-state index in [9.17, 15) is 4.39 Å². The van der Waals surface area contributed by atoms with Crippen molar-refractivity contribution >= 4 is 5.82 Å². The molecule has 3 rings (SSSR count). The second kappa shape index (κ2) is 5.08. The van der Waals surface area contributed by atoms with E-state index in [1.165, 1.54) is 25.5 Å². The van der Waals surface area contributed by atoms with Crippen molar-refractivity contribution in [1.82, 2.24) is 9.97 Å². The molecular weight excluding hydrogens is 233 g/mol. The van der Waals surface area contributed by atoms with Crippen molar-refractivity contribution in [2.75, 3.05) is 5.32 Å². The first-order chi connectivity index (χ1) is 8.81. The molecule has 2 aliphatic carbocycles. The van der Waals surface area contributed by atoms with Gasteiger partial charge < -0.3 is 10.1 Å². The molecule has 1 aromatic rings. The molecule has 0 atom stereocenters. The summed E-state index contributed by atoms with van der Waals surface area (Å²) in [6.45, 7) is 0. The van der Waals surface area contributed by atoms with Crippen LogP contribution >= 0.6 is 0 Å². The lowest BCUT2D eigenvalue weighted by atomic mass is 9.98. The Morgan fingerprint density at radius 3 is 2.67 bits per heavy atom. The Hall–Kier alpha value is -1.39. The Morgan fingerprint density at radius 2 is 1.94 bits per heavy atom. The van der Waals surface area contributed by atoms with Crippen molar-refractivity contribution in [3.05, 3.63) is 12.0 Å². The van der Waals surface area contributed by atoms with Gasteiger partial charge in [0, 0.05) is 6.04 Å². The molecule has 2 fully saturated rings. The predicted octanol–water partition coefficient (Wildman–Crippen LogP) is 2.90. The highest BCUT2D eigenvalue weighted by Gasteiger charge is 2.24. The van der Waals surface area contributed by atoms with E-state index in [0.29, 0.717) is 12.1 Å². The highest BCUT2D eigenvalue weighted by molar-refractivity contribution is 5.38. The Labute approximate surface area is 106 Å². The molecule has 0 aromatic carbocycles. The first-order valence-corrected chi connectivity index (χ1v) is 6.77. The van der Waals surface area contributed by atoms with E-state index in [-0.39, 0.29) is 11.9 Å². The number of nitrogens with zero attached hydrogens (tertiary/aromatic N) is 2. The van der Waals surface area contributed by atoms with Crippen LogP contribution in [0.2, 0.25) is 0 Å². The SMILES string of the molecule is Fc1cnc(OC2CCCCC2)nc1NC1CC1. The average Bonchev–Trinajstić information content (AvgIpc) is 3.19. The quantitative estimate of drug-likeness (QED) is 0.893. The summed E-state index contributed by atoms with van der Waals surface area (Å²) >= 11 is 0. The lowest BCUT2D eigenvalue weighted by molar-refractivity contribution is 0.141. The van der Waals surface area contributed by atoms with Gasteiger partial charge in [0.25, 0.3) is 0 Å². The van der Waals surface area contributed by atoms with Crippen LogP contribution < -0.4 is 10.1 Å². The summed E-state index contributed by atoms with van der Waals surface area (Å²) in [7, 11) is 0. The molecular formula is C13H18FN3O. The zero-order valence-corrected chi connectivity index (χ0v) is 10.4. The molecule has 0 amide bonds. The molecule has 1 aromatic heterocycles. The van der Waals surface area contributed by atoms with Gasteiger partial charge in [-0.2, -0.15) is 4.98 Å². The Morgan fingerprint density at radius 1 is 1.17 bits per heavy atom. The van der Waals surface area contributed by atoms with Crippen LogP contribution in [0, 0.1) is 5.82 Å². The van der Waals surface area contributed by atoms with Gasteiger partial charge in [0.05, 0.1) is 6.20 Å². The molecule has 4 nitrogen and oxygen atoms in total. The highest BCUT2D eigenvalue weighted by Crippen LogP contribution is 2.26.